The zero-order valence-electron chi connectivity index (χ0n) is 13.7. The molecule has 0 unspecified atom stereocenters. The number of benzene rings is 1. The number of para-hydroxylation sites is 1. The van der Waals surface area contributed by atoms with Crippen molar-refractivity contribution in [2.75, 3.05) is 12.3 Å². The standard InChI is InChI=1S/C16H21ClN6O/c1-10(14(18)9-24-15-6-4-3-5-13(15)17)23(20)8-12-7-21-11(2)22-16(12)19/h3-7H,8-9,18,20H2,1-2H3,(H2,19,21,22)/b14-10-. The first-order chi connectivity index (χ1) is 11.4. The molecule has 2 aromatic rings. The van der Waals surface area contributed by atoms with Crippen molar-refractivity contribution in [1.29, 1.82) is 0 Å². The molecule has 0 amide bonds. The summed E-state index contributed by atoms with van der Waals surface area (Å²) in [4.78, 5) is 8.24. The quantitative estimate of drug-likeness (QED) is 0.539. The van der Waals surface area contributed by atoms with E-state index in [1.54, 1.807) is 32.2 Å². The topological polar surface area (TPSA) is 116 Å². The molecule has 6 N–H and O–H groups in total. The molecule has 1 aromatic heterocycles. The number of hydrazine groups is 1. The van der Waals surface area contributed by atoms with Gasteiger partial charge in [-0.15, -0.1) is 0 Å². The van der Waals surface area contributed by atoms with Crippen molar-refractivity contribution in [3.8, 4) is 5.75 Å². The lowest BCUT2D eigenvalue weighted by Crippen LogP contribution is -2.32. The maximum absolute atomic E-state index is 6.06. The maximum atomic E-state index is 6.06. The monoisotopic (exact) mass is 348 g/mol. The van der Waals surface area contributed by atoms with Crippen LogP contribution in [0.4, 0.5) is 5.82 Å². The number of nitrogens with two attached hydrogens (primary N) is 3. The molecule has 0 atom stereocenters. The van der Waals surface area contributed by atoms with Crippen molar-refractivity contribution in [1.82, 2.24) is 15.0 Å². The highest BCUT2D eigenvalue weighted by molar-refractivity contribution is 6.32. The van der Waals surface area contributed by atoms with Gasteiger partial charge in [0.05, 0.1) is 17.3 Å². The van der Waals surface area contributed by atoms with Gasteiger partial charge < -0.3 is 21.2 Å². The van der Waals surface area contributed by atoms with E-state index in [2.05, 4.69) is 9.97 Å². The third-order valence-corrected chi connectivity index (χ3v) is 3.79. The second kappa shape index (κ2) is 7.85. The average molecular weight is 349 g/mol. The summed E-state index contributed by atoms with van der Waals surface area (Å²) in [7, 11) is 0. The van der Waals surface area contributed by atoms with E-state index in [1.165, 1.54) is 5.01 Å². The van der Waals surface area contributed by atoms with Gasteiger partial charge in [-0.25, -0.2) is 15.8 Å². The molecule has 0 saturated carbocycles. The van der Waals surface area contributed by atoms with E-state index in [1.807, 2.05) is 12.1 Å². The highest BCUT2D eigenvalue weighted by atomic mass is 35.5. The maximum Gasteiger partial charge on any atom is 0.138 e. The molecule has 128 valence electrons. The van der Waals surface area contributed by atoms with E-state index in [4.69, 9.17) is 33.6 Å². The predicted molar refractivity (Wildman–Crippen MR) is 94.7 cm³/mol. The van der Waals surface area contributed by atoms with Gasteiger partial charge in [0.2, 0.25) is 0 Å². The van der Waals surface area contributed by atoms with E-state index in [0.29, 0.717) is 40.4 Å². The van der Waals surface area contributed by atoms with Crippen LogP contribution in [-0.2, 0) is 6.54 Å². The number of rotatable bonds is 6. The summed E-state index contributed by atoms with van der Waals surface area (Å²) in [5.41, 5.74) is 13.8. The van der Waals surface area contributed by atoms with Crippen LogP contribution < -0.4 is 22.0 Å². The number of hydrogen-bond donors (Lipinski definition) is 3. The number of aromatic nitrogens is 2. The number of hydrogen-bond acceptors (Lipinski definition) is 7. The second-order valence-corrected chi connectivity index (χ2v) is 5.69. The summed E-state index contributed by atoms with van der Waals surface area (Å²) in [5, 5.41) is 2.01. The van der Waals surface area contributed by atoms with Gasteiger partial charge >= 0.3 is 0 Å². The van der Waals surface area contributed by atoms with Gasteiger partial charge in [0.25, 0.3) is 0 Å². The van der Waals surface area contributed by atoms with Crippen molar-refractivity contribution in [2.45, 2.75) is 20.4 Å². The molecular formula is C16H21ClN6O. The van der Waals surface area contributed by atoms with Gasteiger partial charge in [0, 0.05) is 17.5 Å². The molecule has 0 saturated heterocycles. The molecule has 7 nitrogen and oxygen atoms in total. The summed E-state index contributed by atoms with van der Waals surface area (Å²) >= 11 is 6.04. The van der Waals surface area contributed by atoms with Crippen LogP contribution in [0.2, 0.25) is 5.02 Å². The minimum atomic E-state index is 0.170. The van der Waals surface area contributed by atoms with E-state index < -0.39 is 0 Å². The smallest absolute Gasteiger partial charge is 0.138 e. The van der Waals surface area contributed by atoms with Crippen LogP contribution in [0.25, 0.3) is 0 Å². The molecule has 24 heavy (non-hydrogen) atoms. The first kappa shape index (κ1) is 17.8. The van der Waals surface area contributed by atoms with Crippen molar-refractivity contribution in [3.63, 3.8) is 0 Å². The highest BCUT2D eigenvalue weighted by Gasteiger charge is 2.10. The number of allylic oxidation sites excluding steroid dienone is 1. The Hall–Kier alpha value is -2.51. The normalized spacial score (nSPS) is 11.8. The first-order valence-electron chi connectivity index (χ1n) is 7.31. The van der Waals surface area contributed by atoms with Crippen molar-refractivity contribution in [3.05, 3.63) is 58.3 Å². The van der Waals surface area contributed by atoms with Crippen LogP contribution in [0.15, 0.2) is 41.9 Å². The Morgan fingerprint density at radius 1 is 1.33 bits per heavy atom. The van der Waals surface area contributed by atoms with Crippen molar-refractivity contribution >= 4 is 17.4 Å². The number of anilines is 1. The molecule has 0 aliphatic rings. The van der Waals surface area contributed by atoms with E-state index in [9.17, 15) is 0 Å². The molecule has 0 spiro atoms. The largest absolute Gasteiger partial charge is 0.486 e. The Balaban J connectivity index is 2.03. The summed E-state index contributed by atoms with van der Waals surface area (Å²) in [6.07, 6.45) is 1.65. The van der Waals surface area contributed by atoms with Crippen LogP contribution in [-0.4, -0.2) is 21.6 Å². The second-order valence-electron chi connectivity index (χ2n) is 5.29. The first-order valence-corrected chi connectivity index (χ1v) is 7.69. The third kappa shape index (κ3) is 4.50. The zero-order chi connectivity index (χ0) is 17.7. The summed E-state index contributed by atoms with van der Waals surface area (Å²) in [6, 6.07) is 7.19. The number of halogens is 1. The summed E-state index contributed by atoms with van der Waals surface area (Å²) in [6.45, 7) is 4.08. The fourth-order valence-electron chi connectivity index (χ4n) is 1.94. The van der Waals surface area contributed by atoms with Crippen LogP contribution in [0.5, 0.6) is 5.75 Å². The van der Waals surface area contributed by atoms with E-state index in [0.717, 1.165) is 5.56 Å². The van der Waals surface area contributed by atoms with Gasteiger partial charge in [-0.3, -0.25) is 0 Å². The van der Waals surface area contributed by atoms with Crippen molar-refractivity contribution < 1.29 is 4.74 Å². The molecule has 0 radical (unpaired) electrons. The molecule has 8 heteroatoms. The lowest BCUT2D eigenvalue weighted by molar-refractivity contribution is 0.318. The van der Waals surface area contributed by atoms with Gasteiger partial charge in [-0.2, -0.15) is 0 Å². The molecule has 1 heterocycles. The number of aryl methyl sites for hydroxylation is 1. The summed E-state index contributed by atoms with van der Waals surface area (Å²) < 4.78 is 5.61. The lowest BCUT2D eigenvalue weighted by atomic mass is 10.2. The molecule has 1 aromatic carbocycles. The van der Waals surface area contributed by atoms with Crippen LogP contribution >= 0.6 is 11.6 Å². The number of ether oxygens (including phenoxy) is 1. The van der Waals surface area contributed by atoms with Crippen LogP contribution in [0, 0.1) is 6.92 Å². The molecular weight excluding hydrogens is 328 g/mol. The van der Waals surface area contributed by atoms with Crippen LogP contribution in [0.3, 0.4) is 0 Å². The molecule has 0 fully saturated rings. The van der Waals surface area contributed by atoms with Gasteiger partial charge in [-0.05, 0) is 26.0 Å². The van der Waals surface area contributed by atoms with Crippen molar-refractivity contribution in [2.24, 2.45) is 11.6 Å². The Morgan fingerprint density at radius 2 is 2.04 bits per heavy atom. The minimum Gasteiger partial charge on any atom is -0.486 e. The zero-order valence-corrected chi connectivity index (χ0v) is 14.4. The molecule has 0 bridgehead atoms. The predicted octanol–water partition coefficient (Wildman–Crippen LogP) is 1.97. The Labute approximate surface area is 146 Å². The SMILES string of the molecule is C/C(=C(/N)COc1ccccc1Cl)N(N)Cc1cnc(C)nc1N. The number of nitrogen functional groups attached to an aromatic ring is 1. The molecule has 2 rings (SSSR count). The fraction of sp³-hybridized carbons (Fsp3) is 0.250. The number of nitrogens with zero attached hydrogens (tertiary/aromatic N) is 3. The Morgan fingerprint density at radius 3 is 2.71 bits per heavy atom. The van der Waals surface area contributed by atoms with Gasteiger partial charge in [0.15, 0.2) is 0 Å². The van der Waals surface area contributed by atoms with Gasteiger partial charge in [0.1, 0.15) is 24.0 Å². The Bertz CT molecular complexity index is 749. The lowest BCUT2D eigenvalue weighted by Gasteiger charge is -2.22. The fourth-order valence-corrected chi connectivity index (χ4v) is 2.13. The average Bonchev–Trinajstić information content (AvgIpc) is 2.55. The minimum absolute atomic E-state index is 0.170. The molecule has 0 aliphatic heterocycles. The van der Waals surface area contributed by atoms with Gasteiger partial charge in [-0.1, -0.05) is 23.7 Å². The third-order valence-electron chi connectivity index (χ3n) is 3.47. The summed E-state index contributed by atoms with van der Waals surface area (Å²) in [5.74, 6) is 7.63. The van der Waals surface area contributed by atoms with Crippen LogP contribution in [0.1, 0.15) is 18.3 Å². The van der Waals surface area contributed by atoms with E-state index >= 15 is 0 Å². The van der Waals surface area contributed by atoms with E-state index in [-0.39, 0.29) is 6.61 Å². The Kier molecular flexibility index (Phi) is 5.83. The highest BCUT2D eigenvalue weighted by Crippen LogP contribution is 2.23. The molecule has 0 aliphatic carbocycles.